The average Bonchev–Trinajstić information content (AvgIpc) is 3.75. The highest BCUT2D eigenvalue weighted by Gasteiger charge is 2.37. The minimum Gasteiger partial charge on any atom is -0.309 e. The van der Waals surface area contributed by atoms with Crippen LogP contribution < -0.4 is 0 Å². The third-order valence-corrected chi connectivity index (χ3v) is 11.3. The Kier molecular flexibility index (Phi) is 8.10. The highest BCUT2D eigenvalue weighted by molar-refractivity contribution is 6.12. The molecule has 0 amide bonds. The van der Waals surface area contributed by atoms with Crippen molar-refractivity contribution in [3.63, 3.8) is 0 Å². The Balaban J connectivity index is 1.30. The van der Waals surface area contributed by atoms with Crippen molar-refractivity contribution in [2.75, 3.05) is 0 Å². The van der Waals surface area contributed by atoms with Gasteiger partial charge >= 0.3 is 6.18 Å². The van der Waals surface area contributed by atoms with Gasteiger partial charge in [0.1, 0.15) is 0 Å². The molecule has 0 radical (unpaired) electrons. The number of nitriles is 1. The number of alkyl halides is 3. The Hall–Kier alpha value is -7.36. The SMILES string of the molecule is Cc1cccc(-c2ccc3c(c2)c2ccccc2n3-c2cc(C(F)(F)F)c(-n3c4ccccc4c4cc(-c5cccc(C)c5)ccc43)cc2-c2cccc(C#N)c2)c1. The van der Waals surface area contributed by atoms with Gasteiger partial charge in [-0.15, -0.1) is 0 Å². The molecule has 0 unspecified atom stereocenters. The number of hydrogen-bond donors (Lipinski definition) is 0. The first-order valence-corrected chi connectivity index (χ1v) is 19.1. The lowest BCUT2D eigenvalue weighted by Crippen LogP contribution is -2.13. The van der Waals surface area contributed by atoms with Crippen LogP contribution in [0.5, 0.6) is 0 Å². The quantitative estimate of drug-likeness (QED) is 0.172. The van der Waals surface area contributed by atoms with E-state index in [9.17, 15) is 5.26 Å². The van der Waals surface area contributed by atoms with Crippen LogP contribution in [-0.2, 0) is 6.18 Å². The van der Waals surface area contributed by atoms with Gasteiger partial charge < -0.3 is 9.13 Å². The van der Waals surface area contributed by atoms with E-state index in [4.69, 9.17) is 0 Å². The number of aromatic nitrogens is 2. The van der Waals surface area contributed by atoms with Gasteiger partial charge in [0, 0.05) is 27.1 Å². The molecule has 0 bridgehead atoms. The molecule has 0 saturated heterocycles. The molecule has 0 fully saturated rings. The molecule has 3 nitrogen and oxygen atoms in total. The van der Waals surface area contributed by atoms with Gasteiger partial charge in [-0.2, -0.15) is 18.4 Å². The summed E-state index contributed by atoms with van der Waals surface area (Å²) in [6.07, 6.45) is -4.73. The van der Waals surface area contributed by atoms with Crippen molar-refractivity contribution in [2.24, 2.45) is 0 Å². The van der Waals surface area contributed by atoms with Gasteiger partial charge in [-0.1, -0.05) is 120 Å². The molecule has 6 heteroatoms. The maximum absolute atomic E-state index is 15.9. The van der Waals surface area contributed by atoms with Crippen LogP contribution in [0.2, 0.25) is 0 Å². The Morgan fingerprint density at radius 1 is 0.431 bits per heavy atom. The highest BCUT2D eigenvalue weighted by atomic mass is 19.4. The van der Waals surface area contributed by atoms with E-state index >= 15 is 13.2 Å². The smallest absolute Gasteiger partial charge is 0.309 e. The van der Waals surface area contributed by atoms with Crippen LogP contribution in [0.4, 0.5) is 13.2 Å². The molecule has 0 aliphatic rings. The Bertz CT molecular complexity index is 3320. The van der Waals surface area contributed by atoms with Crippen LogP contribution in [0.3, 0.4) is 0 Å². The number of hydrogen-bond acceptors (Lipinski definition) is 1. The molecule has 2 heterocycles. The molecule has 0 N–H and O–H groups in total. The second-order valence-electron chi connectivity index (χ2n) is 15.0. The molecule has 0 aliphatic heterocycles. The van der Waals surface area contributed by atoms with E-state index in [2.05, 4.69) is 49.4 Å². The lowest BCUT2D eigenvalue weighted by molar-refractivity contribution is -0.137. The monoisotopic (exact) mass is 757 g/mol. The molecule has 278 valence electrons. The topological polar surface area (TPSA) is 33.6 Å². The first-order chi connectivity index (χ1) is 28.2. The maximum atomic E-state index is 15.9. The van der Waals surface area contributed by atoms with E-state index in [0.717, 1.165) is 66.0 Å². The average molecular weight is 758 g/mol. The highest BCUT2D eigenvalue weighted by Crippen LogP contribution is 2.46. The van der Waals surface area contributed by atoms with Crippen molar-refractivity contribution in [1.29, 1.82) is 5.26 Å². The number of nitrogens with zero attached hydrogens (tertiary/aromatic N) is 3. The summed E-state index contributed by atoms with van der Waals surface area (Å²) in [5.41, 5.74) is 10.4. The molecule has 0 aliphatic carbocycles. The summed E-state index contributed by atoms with van der Waals surface area (Å²) in [7, 11) is 0. The summed E-state index contributed by atoms with van der Waals surface area (Å²) < 4.78 is 51.3. The molecule has 0 spiro atoms. The zero-order chi connectivity index (χ0) is 39.7. The van der Waals surface area contributed by atoms with E-state index in [1.165, 1.54) is 6.07 Å². The summed E-state index contributed by atoms with van der Waals surface area (Å²) >= 11 is 0. The Morgan fingerprint density at radius 2 is 0.914 bits per heavy atom. The van der Waals surface area contributed by atoms with E-state index < -0.39 is 11.7 Å². The van der Waals surface area contributed by atoms with Crippen LogP contribution in [0, 0.1) is 25.2 Å². The molecular formula is C52H34F3N3. The molecule has 10 rings (SSSR count). The first-order valence-electron chi connectivity index (χ1n) is 19.1. The Morgan fingerprint density at radius 3 is 1.45 bits per heavy atom. The summed E-state index contributed by atoms with van der Waals surface area (Å²) in [5.74, 6) is 0. The van der Waals surface area contributed by atoms with E-state index in [1.54, 1.807) is 28.8 Å². The summed E-state index contributed by atoms with van der Waals surface area (Å²) in [6.45, 7) is 4.10. The molecule has 2 aromatic heterocycles. The minimum absolute atomic E-state index is 0.00520. The lowest BCUT2D eigenvalue weighted by Gasteiger charge is -2.22. The Labute approximate surface area is 333 Å². The minimum atomic E-state index is -4.73. The summed E-state index contributed by atoms with van der Waals surface area (Å²) in [5, 5.41) is 13.5. The van der Waals surface area contributed by atoms with Crippen LogP contribution in [0.25, 0.3) is 88.4 Å². The van der Waals surface area contributed by atoms with Crippen molar-refractivity contribution >= 4 is 43.6 Å². The van der Waals surface area contributed by atoms with Gasteiger partial charge in [0.15, 0.2) is 0 Å². The lowest BCUT2D eigenvalue weighted by atomic mass is 9.97. The van der Waals surface area contributed by atoms with Gasteiger partial charge in [-0.25, -0.2) is 0 Å². The van der Waals surface area contributed by atoms with E-state index in [0.29, 0.717) is 33.4 Å². The van der Waals surface area contributed by atoms with Crippen molar-refractivity contribution in [3.05, 3.63) is 192 Å². The predicted octanol–water partition coefficient (Wildman–Crippen LogP) is 14.4. The second-order valence-corrected chi connectivity index (χ2v) is 15.0. The fourth-order valence-corrected chi connectivity index (χ4v) is 8.63. The predicted molar refractivity (Wildman–Crippen MR) is 231 cm³/mol. The number of benzene rings is 8. The maximum Gasteiger partial charge on any atom is 0.418 e. The number of para-hydroxylation sites is 2. The van der Waals surface area contributed by atoms with Crippen molar-refractivity contribution in [2.45, 2.75) is 20.0 Å². The van der Waals surface area contributed by atoms with Crippen LogP contribution in [-0.4, -0.2) is 9.13 Å². The molecule has 58 heavy (non-hydrogen) atoms. The number of aryl methyl sites for hydroxylation is 2. The van der Waals surface area contributed by atoms with Gasteiger partial charge in [0.25, 0.3) is 0 Å². The van der Waals surface area contributed by atoms with Crippen molar-refractivity contribution < 1.29 is 13.2 Å². The van der Waals surface area contributed by atoms with Crippen molar-refractivity contribution in [3.8, 4) is 50.8 Å². The number of halogens is 3. The molecule has 0 saturated carbocycles. The summed E-state index contributed by atoms with van der Waals surface area (Å²) in [4.78, 5) is 0. The zero-order valence-electron chi connectivity index (χ0n) is 31.6. The third kappa shape index (κ3) is 5.74. The standard InChI is InChI=1S/C52H34F3N3/c1-32-10-7-13-35(24-32)37-20-22-48-43(27-37)40-16-3-5-18-46(40)57(48)50-30-45(52(53,54)55)51(29-42(50)39-15-9-12-34(26-39)31-56)58-47-19-6-4-17-41(47)44-28-38(21-23-49(44)58)36-14-8-11-33(2)25-36/h3-30H,1-2H3. The largest absolute Gasteiger partial charge is 0.418 e. The molecule has 8 aromatic carbocycles. The van der Waals surface area contributed by atoms with Gasteiger partial charge in [0.2, 0.25) is 0 Å². The van der Waals surface area contributed by atoms with Gasteiger partial charge in [-0.05, 0) is 102 Å². The third-order valence-electron chi connectivity index (χ3n) is 11.3. The van der Waals surface area contributed by atoms with E-state index in [1.807, 2.05) is 115 Å². The van der Waals surface area contributed by atoms with Crippen LogP contribution in [0.15, 0.2) is 170 Å². The first kappa shape index (κ1) is 35.1. The van der Waals surface area contributed by atoms with Gasteiger partial charge in [0.05, 0.1) is 50.6 Å². The van der Waals surface area contributed by atoms with Crippen LogP contribution >= 0.6 is 0 Å². The molecule has 10 aromatic rings. The normalized spacial score (nSPS) is 11.9. The second kappa shape index (κ2) is 13.4. The fraction of sp³-hybridized carbons (Fsp3) is 0.0577. The number of fused-ring (bicyclic) bond motifs is 6. The fourth-order valence-electron chi connectivity index (χ4n) is 8.63. The van der Waals surface area contributed by atoms with Gasteiger partial charge in [-0.3, -0.25) is 0 Å². The number of rotatable bonds is 5. The van der Waals surface area contributed by atoms with Crippen molar-refractivity contribution in [1.82, 2.24) is 9.13 Å². The zero-order valence-corrected chi connectivity index (χ0v) is 31.6. The molecule has 0 atom stereocenters. The molecular weight excluding hydrogens is 724 g/mol. The summed E-state index contributed by atoms with van der Waals surface area (Å²) in [6, 6.07) is 56.4. The van der Waals surface area contributed by atoms with E-state index in [-0.39, 0.29) is 5.69 Å². The van der Waals surface area contributed by atoms with Crippen LogP contribution in [0.1, 0.15) is 22.3 Å².